The van der Waals surface area contributed by atoms with Gasteiger partial charge in [-0.1, -0.05) is 68.8 Å². The number of anilines is 2. The van der Waals surface area contributed by atoms with Gasteiger partial charge in [-0.25, -0.2) is 17.9 Å². The van der Waals surface area contributed by atoms with Crippen molar-refractivity contribution in [3.8, 4) is 11.5 Å². The number of ether oxygens (including phenoxy) is 1. The van der Waals surface area contributed by atoms with E-state index in [9.17, 15) is 13.2 Å². The number of nitrogens with one attached hydrogen (secondary N) is 2. The molecule has 7 nitrogen and oxygen atoms in total. The quantitative estimate of drug-likeness (QED) is 0.230. The van der Waals surface area contributed by atoms with Crippen LogP contribution in [0.2, 0.25) is 0 Å². The molecule has 0 saturated carbocycles. The van der Waals surface area contributed by atoms with Crippen LogP contribution in [0.4, 0.5) is 16.2 Å². The van der Waals surface area contributed by atoms with E-state index in [-0.39, 0.29) is 29.4 Å². The van der Waals surface area contributed by atoms with E-state index in [0.717, 1.165) is 11.1 Å². The Bertz CT molecular complexity index is 1510. The van der Waals surface area contributed by atoms with E-state index in [0.29, 0.717) is 22.9 Å². The number of carbonyl (C=O) groups is 1. The monoisotopic (exact) mass is 557 g/mol. The number of urea groups is 1. The van der Waals surface area contributed by atoms with E-state index in [1.165, 1.54) is 4.90 Å². The van der Waals surface area contributed by atoms with Gasteiger partial charge in [0, 0.05) is 24.5 Å². The van der Waals surface area contributed by atoms with Crippen molar-refractivity contribution in [2.75, 3.05) is 23.3 Å². The summed E-state index contributed by atoms with van der Waals surface area (Å²) in [5, 5.41) is 2.90. The van der Waals surface area contributed by atoms with E-state index < -0.39 is 10.0 Å². The fourth-order valence-electron chi connectivity index (χ4n) is 4.00. The molecule has 8 heteroatoms. The number of amides is 2. The van der Waals surface area contributed by atoms with Gasteiger partial charge in [0.2, 0.25) is 10.0 Å². The van der Waals surface area contributed by atoms with Crippen LogP contribution in [0.25, 0.3) is 0 Å². The van der Waals surface area contributed by atoms with Crippen LogP contribution >= 0.6 is 0 Å². The smallest absolute Gasteiger partial charge is 0.326 e. The zero-order valence-electron chi connectivity index (χ0n) is 23.2. The van der Waals surface area contributed by atoms with Gasteiger partial charge >= 0.3 is 6.03 Å². The lowest BCUT2D eigenvalue weighted by molar-refractivity contribution is 0.257. The summed E-state index contributed by atoms with van der Waals surface area (Å²) in [7, 11) is -3.76. The molecule has 0 aliphatic heterocycles. The van der Waals surface area contributed by atoms with Gasteiger partial charge in [0.1, 0.15) is 11.5 Å². The predicted molar refractivity (Wildman–Crippen MR) is 161 cm³/mol. The Kier molecular flexibility index (Phi) is 8.92. The lowest BCUT2D eigenvalue weighted by Gasteiger charge is -2.24. The van der Waals surface area contributed by atoms with E-state index in [1.807, 2.05) is 73.7 Å². The van der Waals surface area contributed by atoms with Crippen molar-refractivity contribution < 1.29 is 17.9 Å². The minimum atomic E-state index is -3.76. The molecule has 40 heavy (non-hydrogen) atoms. The third-order valence-electron chi connectivity index (χ3n) is 6.33. The van der Waals surface area contributed by atoms with E-state index in [4.69, 9.17) is 4.74 Å². The van der Waals surface area contributed by atoms with Gasteiger partial charge in [0.15, 0.2) is 0 Å². The van der Waals surface area contributed by atoms with Crippen LogP contribution in [-0.4, -0.2) is 27.5 Å². The third kappa shape index (κ3) is 7.71. The van der Waals surface area contributed by atoms with Gasteiger partial charge in [-0.15, -0.1) is 0 Å². The number of para-hydroxylation sites is 1. The maximum absolute atomic E-state index is 13.3. The number of hydrogen-bond acceptors (Lipinski definition) is 4. The standard InChI is InChI=1S/C32H35N3O4S/c1-24-10-14-26(15-11-24)34-31(36)35(27-16-18-29(19-17-27)39-28-8-6-5-7-9-28)23-22-33-40(37,38)30-20-12-25(13-21-30)32(2,3)4/h5-21,33H,22-23H2,1-4H3,(H,34,36). The highest BCUT2D eigenvalue weighted by Gasteiger charge is 2.20. The molecule has 0 radical (unpaired) electrons. The van der Waals surface area contributed by atoms with Crippen molar-refractivity contribution in [3.05, 3.63) is 114 Å². The molecule has 4 aromatic rings. The highest BCUT2D eigenvalue weighted by Crippen LogP contribution is 2.26. The average molecular weight is 558 g/mol. The largest absolute Gasteiger partial charge is 0.457 e. The molecular formula is C32H35N3O4S. The number of aryl methyl sites for hydroxylation is 1. The summed E-state index contributed by atoms with van der Waals surface area (Å²) in [4.78, 5) is 15.0. The Morgan fingerprint density at radius 3 is 2.00 bits per heavy atom. The van der Waals surface area contributed by atoms with E-state index >= 15 is 0 Å². The van der Waals surface area contributed by atoms with Gasteiger partial charge < -0.3 is 10.1 Å². The second kappa shape index (κ2) is 12.4. The minimum Gasteiger partial charge on any atom is -0.457 e. The van der Waals surface area contributed by atoms with Gasteiger partial charge in [0.25, 0.3) is 0 Å². The Balaban J connectivity index is 1.49. The molecule has 0 saturated heterocycles. The zero-order valence-corrected chi connectivity index (χ0v) is 24.0. The molecule has 4 rings (SSSR count). The van der Waals surface area contributed by atoms with Gasteiger partial charge in [-0.3, -0.25) is 4.90 Å². The summed E-state index contributed by atoms with van der Waals surface area (Å²) in [5.74, 6) is 1.32. The fraction of sp³-hybridized carbons (Fsp3) is 0.219. The number of benzene rings is 4. The lowest BCUT2D eigenvalue weighted by atomic mass is 9.87. The third-order valence-corrected chi connectivity index (χ3v) is 7.81. The molecule has 0 atom stereocenters. The van der Waals surface area contributed by atoms with Crippen LogP contribution in [0, 0.1) is 6.92 Å². The number of carbonyl (C=O) groups excluding carboxylic acids is 1. The summed E-state index contributed by atoms with van der Waals surface area (Å²) < 4.78 is 34.5. The Morgan fingerprint density at radius 1 is 0.800 bits per heavy atom. The maximum Gasteiger partial charge on any atom is 0.326 e. The molecule has 0 aliphatic carbocycles. The first-order valence-corrected chi connectivity index (χ1v) is 14.6. The van der Waals surface area contributed by atoms with Crippen molar-refractivity contribution in [1.29, 1.82) is 0 Å². The zero-order chi connectivity index (χ0) is 28.8. The average Bonchev–Trinajstić information content (AvgIpc) is 2.93. The van der Waals surface area contributed by atoms with Crippen LogP contribution in [0.3, 0.4) is 0 Å². The van der Waals surface area contributed by atoms with Crippen LogP contribution in [0.5, 0.6) is 11.5 Å². The summed E-state index contributed by atoms with van der Waals surface area (Å²) >= 11 is 0. The molecule has 0 unspecified atom stereocenters. The second-order valence-electron chi connectivity index (χ2n) is 10.5. The fourth-order valence-corrected chi connectivity index (χ4v) is 5.02. The summed E-state index contributed by atoms with van der Waals surface area (Å²) in [6, 6.07) is 30.5. The SMILES string of the molecule is Cc1ccc(NC(=O)N(CCNS(=O)(=O)c2ccc(C(C)(C)C)cc2)c2ccc(Oc3ccccc3)cc2)cc1. The van der Waals surface area contributed by atoms with Gasteiger partial charge in [0.05, 0.1) is 4.90 Å². The Labute approximate surface area is 236 Å². The molecule has 0 heterocycles. The number of nitrogens with zero attached hydrogens (tertiary/aromatic N) is 1. The molecule has 0 spiro atoms. The first kappa shape index (κ1) is 28.9. The van der Waals surface area contributed by atoms with Crippen molar-refractivity contribution in [2.45, 2.75) is 38.0 Å². The molecule has 0 bridgehead atoms. The number of rotatable bonds is 9. The molecule has 4 aromatic carbocycles. The lowest BCUT2D eigenvalue weighted by Crippen LogP contribution is -2.41. The molecule has 208 valence electrons. The molecule has 2 N–H and O–H groups in total. The van der Waals surface area contributed by atoms with E-state index in [2.05, 4.69) is 30.8 Å². The maximum atomic E-state index is 13.3. The first-order chi connectivity index (χ1) is 19.0. The van der Waals surface area contributed by atoms with Crippen molar-refractivity contribution in [1.82, 2.24) is 4.72 Å². The topological polar surface area (TPSA) is 87.7 Å². The molecule has 0 fully saturated rings. The second-order valence-corrected chi connectivity index (χ2v) is 12.3. The molecule has 0 aromatic heterocycles. The Morgan fingerprint density at radius 2 is 1.40 bits per heavy atom. The van der Waals surface area contributed by atoms with Crippen LogP contribution in [-0.2, 0) is 15.4 Å². The van der Waals surface area contributed by atoms with Crippen molar-refractivity contribution in [2.24, 2.45) is 0 Å². The van der Waals surface area contributed by atoms with Crippen molar-refractivity contribution >= 4 is 27.4 Å². The highest BCUT2D eigenvalue weighted by molar-refractivity contribution is 7.89. The minimum absolute atomic E-state index is 0.0208. The van der Waals surface area contributed by atoms with Crippen LogP contribution in [0.1, 0.15) is 31.9 Å². The predicted octanol–water partition coefficient (Wildman–Crippen LogP) is 7.10. The number of hydrogen-bond donors (Lipinski definition) is 2. The van der Waals surface area contributed by atoms with E-state index in [1.54, 1.807) is 36.4 Å². The van der Waals surface area contributed by atoms with Crippen molar-refractivity contribution in [3.63, 3.8) is 0 Å². The molecular weight excluding hydrogens is 522 g/mol. The highest BCUT2D eigenvalue weighted by atomic mass is 32.2. The normalized spacial score (nSPS) is 11.6. The molecule has 2 amide bonds. The summed E-state index contributed by atoms with van der Waals surface area (Å²) in [5.41, 5.74) is 3.28. The first-order valence-electron chi connectivity index (χ1n) is 13.1. The van der Waals surface area contributed by atoms with Gasteiger partial charge in [-0.05, 0) is 78.6 Å². The van der Waals surface area contributed by atoms with Gasteiger partial charge in [-0.2, -0.15) is 0 Å². The number of sulfonamides is 1. The summed E-state index contributed by atoms with van der Waals surface area (Å²) in [6.07, 6.45) is 0. The van der Waals surface area contributed by atoms with Crippen LogP contribution in [0.15, 0.2) is 108 Å². The Hall–Kier alpha value is -4.14. The summed E-state index contributed by atoms with van der Waals surface area (Å²) in [6.45, 7) is 8.32. The van der Waals surface area contributed by atoms with Crippen LogP contribution < -0.4 is 19.7 Å². The molecule has 0 aliphatic rings.